The highest BCUT2D eigenvalue weighted by Crippen LogP contribution is 2.31. The molecule has 0 aliphatic rings. The van der Waals surface area contributed by atoms with Crippen LogP contribution in [0.3, 0.4) is 0 Å². The van der Waals surface area contributed by atoms with Crippen LogP contribution < -0.4 is 9.64 Å². The lowest BCUT2D eigenvalue weighted by Crippen LogP contribution is -2.16. The Morgan fingerprint density at radius 2 is 2.16 bits per heavy atom. The van der Waals surface area contributed by atoms with E-state index in [2.05, 4.69) is 0 Å². The summed E-state index contributed by atoms with van der Waals surface area (Å²) in [6, 6.07) is 6.39. The van der Waals surface area contributed by atoms with Crippen LogP contribution in [-0.2, 0) is 6.54 Å². The normalized spacial score (nSPS) is 10.4. The van der Waals surface area contributed by atoms with Crippen molar-refractivity contribution in [2.24, 2.45) is 0 Å². The summed E-state index contributed by atoms with van der Waals surface area (Å²) in [5, 5.41) is 11.6. The lowest BCUT2D eigenvalue weighted by atomic mass is 10.2. The van der Waals surface area contributed by atoms with Gasteiger partial charge in [0.15, 0.2) is 0 Å². The lowest BCUT2D eigenvalue weighted by molar-refractivity contribution is -0.384. The number of anilines is 1. The Kier molecular flexibility index (Phi) is 4.18. The van der Waals surface area contributed by atoms with Gasteiger partial charge >= 0.3 is 0 Å². The second kappa shape index (κ2) is 5.68. The molecule has 0 saturated heterocycles. The molecule has 0 saturated carbocycles. The number of nitrogens with zero attached hydrogens (tertiary/aromatic N) is 2. The van der Waals surface area contributed by atoms with Gasteiger partial charge in [-0.15, -0.1) is 0 Å². The third-order valence-electron chi connectivity index (χ3n) is 2.45. The fourth-order valence-corrected chi connectivity index (χ4v) is 4.33. The van der Waals surface area contributed by atoms with Gasteiger partial charge in [0, 0.05) is 25.7 Å². The Labute approximate surface area is 121 Å². The van der Waals surface area contributed by atoms with Gasteiger partial charge < -0.3 is 4.90 Å². The van der Waals surface area contributed by atoms with E-state index >= 15 is 0 Å². The molecular weight excluding hydrogens is 308 g/mol. The molecule has 1 aromatic heterocycles. The monoisotopic (exact) mass is 316 g/mol. The summed E-state index contributed by atoms with van der Waals surface area (Å²) in [5.74, 6) is 0. The Morgan fingerprint density at radius 3 is 2.74 bits per heavy atom. The molecule has 19 heavy (non-hydrogen) atoms. The zero-order valence-electron chi connectivity index (χ0n) is 9.83. The van der Waals surface area contributed by atoms with E-state index in [0.29, 0.717) is 11.5 Å². The Morgan fingerprint density at radius 1 is 1.42 bits per heavy atom. The first-order valence-electron chi connectivity index (χ1n) is 5.22. The number of nitro groups is 1. The molecule has 0 aliphatic heterocycles. The molecule has 0 atom stereocenters. The van der Waals surface area contributed by atoms with Crippen LogP contribution in [0.15, 0.2) is 29.1 Å². The molecule has 0 amide bonds. The molecular formula is C11H9ClN2O3S2. The van der Waals surface area contributed by atoms with E-state index in [0.717, 1.165) is 15.9 Å². The molecule has 0 aliphatic carbocycles. The molecule has 2 aromatic rings. The summed E-state index contributed by atoms with van der Waals surface area (Å²) in [6.45, 7) is 0.452. The quantitative estimate of drug-likeness (QED) is 0.493. The van der Waals surface area contributed by atoms with Gasteiger partial charge in [0.2, 0.25) is 0 Å². The van der Waals surface area contributed by atoms with Gasteiger partial charge in [-0.25, -0.2) is 0 Å². The highest BCUT2D eigenvalue weighted by molar-refractivity contribution is 7.70. The smallest absolute Gasteiger partial charge is 0.269 e. The van der Waals surface area contributed by atoms with Gasteiger partial charge in [-0.2, -0.15) is 0 Å². The Balaban J connectivity index is 2.21. The van der Waals surface area contributed by atoms with E-state index in [1.54, 1.807) is 19.2 Å². The van der Waals surface area contributed by atoms with Gasteiger partial charge in [0.1, 0.15) is 10.0 Å². The number of hydrogen-bond acceptors (Lipinski definition) is 6. The maximum Gasteiger partial charge on any atom is 0.269 e. The number of benzene rings is 1. The minimum atomic E-state index is -0.431. The molecule has 8 heteroatoms. The molecule has 0 radical (unpaired) electrons. The van der Waals surface area contributed by atoms with Crippen molar-refractivity contribution in [3.8, 4) is 0 Å². The van der Waals surface area contributed by atoms with E-state index < -0.39 is 4.92 Å². The van der Waals surface area contributed by atoms with E-state index in [9.17, 15) is 14.9 Å². The SMILES string of the molecule is CN(Cc1cccc([N+](=O)[O-])c1)c1ssc(=O)c1Cl. The standard InChI is InChI=1S/C11H9ClN2O3S2/c1-13(10-9(12)11(15)19-18-10)6-7-3-2-4-8(5-7)14(16)17/h2-5H,6H2,1H3. The Hall–Kier alpha value is -1.44. The maximum absolute atomic E-state index is 11.3. The molecule has 1 aromatic carbocycles. The molecule has 2 rings (SSSR count). The minimum Gasteiger partial charge on any atom is -0.360 e. The van der Waals surface area contributed by atoms with Crippen molar-refractivity contribution in [1.29, 1.82) is 0 Å². The van der Waals surface area contributed by atoms with Crippen molar-refractivity contribution in [2.75, 3.05) is 11.9 Å². The molecule has 5 nitrogen and oxygen atoms in total. The van der Waals surface area contributed by atoms with Gasteiger partial charge in [-0.05, 0) is 15.9 Å². The van der Waals surface area contributed by atoms with Gasteiger partial charge in [0.05, 0.1) is 4.92 Å². The first-order valence-corrected chi connectivity index (χ1v) is 7.75. The second-order valence-corrected chi connectivity index (χ2v) is 6.33. The van der Waals surface area contributed by atoms with Crippen LogP contribution in [0.2, 0.25) is 5.02 Å². The largest absolute Gasteiger partial charge is 0.360 e. The molecule has 100 valence electrons. The van der Waals surface area contributed by atoms with E-state index in [4.69, 9.17) is 11.6 Å². The number of halogens is 1. The molecule has 0 unspecified atom stereocenters. The van der Waals surface area contributed by atoms with Crippen molar-refractivity contribution >= 4 is 43.0 Å². The van der Waals surface area contributed by atoms with Crippen LogP contribution in [0.5, 0.6) is 0 Å². The topological polar surface area (TPSA) is 63.4 Å². The van der Waals surface area contributed by atoms with Crippen LogP contribution in [0.25, 0.3) is 0 Å². The van der Waals surface area contributed by atoms with Crippen LogP contribution >= 0.6 is 32.3 Å². The van der Waals surface area contributed by atoms with Crippen molar-refractivity contribution in [1.82, 2.24) is 0 Å². The van der Waals surface area contributed by atoms with Crippen molar-refractivity contribution in [3.63, 3.8) is 0 Å². The predicted octanol–water partition coefficient (Wildman–Crippen LogP) is 3.37. The first-order chi connectivity index (χ1) is 8.99. The van der Waals surface area contributed by atoms with E-state index in [1.165, 1.54) is 22.5 Å². The van der Waals surface area contributed by atoms with Crippen molar-refractivity contribution in [2.45, 2.75) is 6.54 Å². The van der Waals surface area contributed by atoms with Crippen LogP contribution in [0.4, 0.5) is 10.7 Å². The summed E-state index contributed by atoms with van der Waals surface area (Å²) >= 11 is 5.91. The summed E-state index contributed by atoms with van der Waals surface area (Å²) < 4.78 is -0.160. The second-order valence-electron chi connectivity index (χ2n) is 3.86. The van der Waals surface area contributed by atoms with Gasteiger partial charge in [-0.3, -0.25) is 14.9 Å². The zero-order valence-corrected chi connectivity index (χ0v) is 12.2. The maximum atomic E-state index is 11.3. The molecule has 0 spiro atoms. The van der Waals surface area contributed by atoms with Crippen LogP contribution in [0.1, 0.15) is 5.56 Å². The van der Waals surface area contributed by atoms with Crippen molar-refractivity contribution < 1.29 is 4.92 Å². The molecule has 0 N–H and O–H groups in total. The molecule has 1 heterocycles. The fourth-order valence-electron chi connectivity index (χ4n) is 1.58. The number of rotatable bonds is 4. The number of hydrogen-bond donors (Lipinski definition) is 0. The fraction of sp³-hybridized carbons (Fsp3) is 0.182. The third-order valence-corrected chi connectivity index (χ3v) is 5.32. The summed E-state index contributed by atoms with van der Waals surface area (Å²) in [5.41, 5.74) is 0.842. The summed E-state index contributed by atoms with van der Waals surface area (Å²) in [7, 11) is 4.18. The van der Waals surface area contributed by atoms with E-state index in [1.807, 2.05) is 4.90 Å². The van der Waals surface area contributed by atoms with E-state index in [-0.39, 0.29) is 15.5 Å². The predicted molar refractivity (Wildman–Crippen MR) is 78.7 cm³/mol. The van der Waals surface area contributed by atoms with Gasteiger partial charge in [-0.1, -0.05) is 34.1 Å². The number of nitro benzene ring substituents is 1. The molecule has 0 bridgehead atoms. The molecule has 0 fully saturated rings. The Bertz CT molecular complexity index is 668. The highest BCUT2D eigenvalue weighted by Gasteiger charge is 2.14. The third kappa shape index (κ3) is 3.12. The summed E-state index contributed by atoms with van der Waals surface area (Å²) in [4.78, 5) is 23.4. The van der Waals surface area contributed by atoms with Crippen LogP contribution in [0, 0.1) is 10.1 Å². The summed E-state index contributed by atoms with van der Waals surface area (Å²) in [6.07, 6.45) is 0. The average Bonchev–Trinajstić information content (AvgIpc) is 2.70. The van der Waals surface area contributed by atoms with Crippen molar-refractivity contribution in [3.05, 3.63) is 54.5 Å². The van der Waals surface area contributed by atoms with Gasteiger partial charge in [0.25, 0.3) is 10.4 Å². The first kappa shape index (κ1) is 14.0. The zero-order chi connectivity index (χ0) is 14.0. The van der Waals surface area contributed by atoms with Crippen LogP contribution in [-0.4, -0.2) is 12.0 Å². The lowest BCUT2D eigenvalue weighted by Gasteiger charge is -2.16. The highest BCUT2D eigenvalue weighted by atomic mass is 35.5. The average molecular weight is 317 g/mol. The number of non-ortho nitro benzene ring substituents is 1. The minimum absolute atomic E-state index is 0.0514.